The maximum absolute atomic E-state index is 11.8. The Hall–Kier alpha value is -2.05. The molecule has 0 aromatic heterocycles. The number of rotatable bonds is 7. The largest absolute Gasteiger partial charge is 0.490 e. The van der Waals surface area contributed by atoms with Crippen LogP contribution in [0.3, 0.4) is 0 Å². The minimum Gasteiger partial charge on any atom is -0.490 e. The van der Waals surface area contributed by atoms with E-state index in [1.807, 2.05) is 49.4 Å². The van der Waals surface area contributed by atoms with Gasteiger partial charge in [-0.3, -0.25) is 4.79 Å². The van der Waals surface area contributed by atoms with E-state index >= 15 is 0 Å². The summed E-state index contributed by atoms with van der Waals surface area (Å²) < 4.78 is 17.7. The van der Waals surface area contributed by atoms with Crippen molar-refractivity contribution >= 4 is 21.9 Å². The van der Waals surface area contributed by atoms with Crippen LogP contribution in [0.1, 0.15) is 36.8 Å². The standard InChI is InChI=1S/C22H26BrNO4/c1-15(22(25)26-2)17-11-18(23)13-21(12-17)27-14-16-3-5-19(6-4-16)28-20-7-9-24-10-8-20/h3-6,11-13,15,20,24H,7-10,14H2,1-2H3. The van der Waals surface area contributed by atoms with Crippen molar-refractivity contribution < 1.29 is 19.0 Å². The Morgan fingerprint density at radius 1 is 1.14 bits per heavy atom. The van der Waals surface area contributed by atoms with Crippen molar-refractivity contribution in [3.8, 4) is 11.5 Å². The number of halogens is 1. The Morgan fingerprint density at radius 2 is 1.86 bits per heavy atom. The van der Waals surface area contributed by atoms with E-state index in [4.69, 9.17) is 14.2 Å². The summed E-state index contributed by atoms with van der Waals surface area (Å²) in [4.78, 5) is 11.8. The summed E-state index contributed by atoms with van der Waals surface area (Å²) in [6.45, 7) is 4.29. The average molecular weight is 448 g/mol. The molecular weight excluding hydrogens is 422 g/mol. The van der Waals surface area contributed by atoms with Gasteiger partial charge in [-0.15, -0.1) is 0 Å². The Morgan fingerprint density at radius 3 is 2.54 bits per heavy atom. The van der Waals surface area contributed by atoms with E-state index < -0.39 is 0 Å². The number of esters is 1. The molecule has 1 atom stereocenters. The number of methoxy groups -OCH3 is 1. The van der Waals surface area contributed by atoms with E-state index in [0.29, 0.717) is 18.5 Å². The summed E-state index contributed by atoms with van der Waals surface area (Å²) in [5.74, 6) is 0.979. The van der Waals surface area contributed by atoms with Gasteiger partial charge in [-0.2, -0.15) is 0 Å². The van der Waals surface area contributed by atoms with Crippen molar-refractivity contribution in [1.29, 1.82) is 0 Å². The third kappa shape index (κ3) is 5.72. The van der Waals surface area contributed by atoms with Crippen molar-refractivity contribution in [2.45, 2.75) is 38.4 Å². The van der Waals surface area contributed by atoms with E-state index in [-0.39, 0.29) is 11.9 Å². The molecule has 1 aliphatic rings. The van der Waals surface area contributed by atoms with Crippen LogP contribution in [0.25, 0.3) is 0 Å². The van der Waals surface area contributed by atoms with E-state index in [1.54, 1.807) is 0 Å². The Labute approximate surface area is 174 Å². The molecule has 1 heterocycles. The van der Waals surface area contributed by atoms with Gasteiger partial charge in [0.1, 0.15) is 24.2 Å². The molecule has 1 N–H and O–H groups in total. The second-order valence-corrected chi connectivity index (χ2v) is 7.88. The minimum atomic E-state index is -0.351. The van der Waals surface area contributed by atoms with Gasteiger partial charge >= 0.3 is 5.97 Å². The number of ether oxygens (including phenoxy) is 3. The molecule has 0 radical (unpaired) electrons. The molecule has 1 aliphatic heterocycles. The third-order valence-electron chi connectivity index (χ3n) is 4.87. The molecule has 2 aromatic carbocycles. The number of carbonyl (C=O) groups excluding carboxylic acids is 1. The molecule has 0 bridgehead atoms. The van der Waals surface area contributed by atoms with Crippen LogP contribution in [-0.2, 0) is 16.1 Å². The Kier molecular flexibility index (Phi) is 7.34. The Balaban J connectivity index is 1.59. The van der Waals surface area contributed by atoms with E-state index in [2.05, 4.69) is 21.2 Å². The van der Waals surface area contributed by atoms with Crippen LogP contribution >= 0.6 is 15.9 Å². The summed E-state index contributed by atoms with van der Waals surface area (Å²) >= 11 is 3.48. The monoisotopic (exact) mass is 447 g/mol. The molecule has 2 aromatic rings. The second-order valence-electron chi connectivity index (χ2n) is 6.96. The van der Waals surface area contributed by atoms with Crippen LogP contribution in [0.2, 0.25) is 0 Å². The molecule has 6 heteroatoms. The molecule has 150 valence electrons. The smallest absolute Gasteiger partial charge is 0.312 e. The van der Waals surface area contributed by atoms with Crippen LogP contribution in [0.5, 0.6) is 11.5 Å². The first kappa shape index (κ1) is 20.7. The molecule has 5 nitrogen and oxygen atoms in total. The highest BCUT2D eigenvalue weighted by Gasteiger charge is 2.17. The zero-order valence-electron chi connectivity index (χ0n) is 16.2. The van der Waals surface area contributed by atoms with Crippen LogP contribution < -0.4 is 14.8 Å². The number of hydrogen-bond acceptors (Lipinski definition) is 5. The van der Waals surface area contributed by atoms with Crippen molar-refractivity contribution in [3.63, 3.8) is 0 Å². The average Bonchev–Trinajstić information content (AvgIpc) is 2.72. The van der Waals surface area contributed by atoms with Gasteiger partial charge in [0.2, 0.25) is 0 Å². The summed E-state index contributed by atoms with van der Waals surface area (Å²) in [6.07, 6.45) is 2.38. The topological polar surface area (TPSA) is 56.8 Å². The SMILES string of the molecule is COC(=O)C(C)c1cc(Br)cc(OCc2ccc(OC3CCNCC3)cc2)c1. The first-order valence-corrected chi connectivity index (χ1v) is 10.3. The molecule has 0 spiro atoms. The lowest BCUT2D eigenvalue weighted by molar-refractivity contribution is -0.141. The second kappa shape index (κ2) is 9.94. The fraction of sp³-hybridized carbons (Fsp3) is 0.409. The molecule has 1 unspecified atom stereocenters. The number of carbonyl (C=O) groups is 1. The highest BCUT2D eigenvalue weighted by Crippen LogP contribution is 2.28. The maximum atomic E-state index is 11.8. The van der Waals surface area contributed by atoms with Gasteiger partial charge in [0.05, 0.1) is 13.0 Å². The molecule has 0 amide bonds. The quantitative estimate of drug-likeness (QED) is 0.635. The van der Waals surface area contributed by atoms with Crippen molar-refractivity contribution in [1.82, 2.24) is 5.32 Å². The van der Waals surface area contributed by atoms with Crippen LogP contribution in [0, 0.1) is 0 Å². The van der Waals surface area contributed by atoms with Gasteiger partial charge in [-0.25, -0.2) is 0 Å². The zero-order chi connectivity index (χ0) is 19.9. The lowest BCUT2D eigenvalue weighted by Gasteiger charge is -2.23. The fourth-order valence-electron chi connectivity index (χ4n) is 3.17. The third-order valence-corrected chi connectivity index (χ3v) is 5.32. The van der Waals surface area contributed by atoms with E-state index in [1.165, 1.54) is 7.11 Å². The normalized spacial score (nSPS) is 15.7. The van der Waals surface area contributed by atoms with E-state index in [0.717, 1.165) is 47.3 Å². The summed E-state index contributed by atoms with van der Waals surface area (Å²) in [6, 6.07) is 13.7. The molecule has 28 heavy (non-hydrogen) atoms. The number of nitrogens with one attached hydrogen (secondary N) is 1. The number of piperidine rings is 1. The molecular formula is C22H26BrNO4. The summed E-state index contributed by atoms with van der Waals surface area (Å²) in [7, 11) is 1.40. The van der Waals surface area contributed by atoms with Gasteiger partial charge in [0.15, 0.2) is 0 Å². The maximum Gasteiger partial charge on any atom is 0.312 e. The predicted molar refractivity (Wildman–Crippen MR) is 112 cm³/mol. The van der Waals surface area contributed by atoms with Crippen LogP contribution in [-0.4, -0.2) is 32.3 Å². The van der Waals surface area contributed by atoms with Crippen LogP contribution in [0.4, 0.5) is 0 Å². The first-order valence-electron chi connectivity index (χ1n) is 9.52. The zero-order valence-corrected chi connectivity index (χ0v) is 17.8. The lowest BCUT2D eigenvalue weighted by atomic mass is 10.0. The summed E-state index contributed by atoms with van der Waals surface area (Å²) in [5.41, 5.74) is 1.90. The molecule has 0 saturated carbocycles. The van der Waals surface area contributed by atoms with E-state index in [9.17, 15) is 4.79 Å². The predicted octanol–water partition coefficient (Wildman–Crippen LogP) is 4.44. The number of hydrogen-bond donors (Lipinski definition) is 1. The highest BCUT2D eigenvalue weighted by molar-refractivity contribution is 9.10. The molecule has 1 fully saturated rings. The van der Waals surface area contributed by atoms with Crippen molar-refractivity contribution in [3.05, 3.63) is 58.1 Å². The van der Waals surface area contributed by atoms with Gasteiger partial charge in [0, 0.05) is 4.47 Å². The van der Waals surface area contributed by atoms with Crippen molar-refractivity contribution in [2.75, 3.05) is 20.2 Å². The lowest BCUT2D eigenvalue weighted by Crippen LogP contribution is -2.34. The van der Waals surface area contributed by atoms with Gasteiger partial charge in [-0.1, -0.05) is 28.1 Å². The van der Waals surface area contributed by atoms with Gasteiger partial charge < -0.3 is 19.5 Å². The summed E-state index contributed by atoms with van der Waals surface area (Å²) in [5, 5.41) is 3.34. The highest BCUT2D eigenvalue weighted by atomic mass is 79.9. The molecule has 0 aliphatic carbocycles. The minimum absolute atomic E-state index is 0.270. The van der Waals surface area contributed by atoms with Crippen molar-refractivity contribution in [2.24, 2.45) is 0 Å². The fourth-order valence-corrected chi connectivity index (χ4v) is 3.66. The molecule has 3 rings (SSSR count). The van der Waals surface area contributed by atoms with Gasteiger partial charge in [-0.05, 0) is 74.3 Å². The van der Waals surface area contributed by atoms with Gasteiger partial charge in [0.25, 0.3) is 0 Å². The Bertz CT molecular complexity index is 788. The number of benzene rings is 2. The first-order chi connectivity index (χ1) is 13.5. The molecule has 1 saturated heterocycles. The van der Waals surface area contributed by atoms with Crippen LogP contribution in [0.15, 0.2) is 46.9 Å².